The fourth-order valence-electron chi connectivity index (χ4n) is 1.26. The first-order valence-corrected chi connectivity index (χ1v) is 5.48. The second-order valence-corrected chi connectivity index (χ2v) is 4.23. The predicted octanol–water partition coefficient (Wildman–Crippen LogP) is 2.12. The van der Waals surface area contributed by atoms with Crippen molar-refractivity contribution >= 4 is 11.3 Å². The molecule has 1 rings (SSSR count). The second-order valence-electron chi connectivity index (χ2n) is 3.25. The number of nitrogens with zero attached hydrogens (tertiary/aromatic N) is 1. The van der Waals surface area contributed by atoms with E-state index in [1.54, 1.807) is 11.3 Å². The summed E-state index contributed by atoms with van der Waals surface area (Å²) < 4.78 is 0. The molecule has 0 fully saturated rings. The third-order valence-electron chi connectivity index (χ3n) is 2.29. The minimum Gasteiger partial charge on any atom is -0.396 e. The molecule has 74 valence electrons. The summed E-state index contributed by atoms with van der Waals surface area (Å²) in [7, 11) is 2.10. The number of thiophene rings is 1. The highest BCUT2D eigenvalue weighted by Crippen LogP contribution is 2.22. The van der Waals surface area contributed by atoms with Crippen molar-refractivity contribution in [2.45, 2.75) is 19.4 Å². The summed E-state index contributed by atoms with van der Waals surface area (Å²) in [5.74, 6) is 0. The Labute approximate surface area is 83.8 Å². The van der Waals surface area contributed by atoms with Gasteiger partial charge in [0.1, 0.15) is 0 Å². The maximum Gasteiger partial charge on any atom is 0.0443 e. The maximum absolute atomic E-state index is 8.70. The number of hydrogen-bond donors (Lipinski definition) is 1. The number of aliphatic hydroxyl groups is 1. The number of hydrogen-bond acceptors (Lipinski definition) is 3. The Morgan fingerprint density at radius 1 is 1.62 bits per heavy atom. The van der Waals surface area contributed by atoms with Crippen molar-refractivity contribution in [2.24, 2.45) is 0 Å². The minimum atomic E-state index is 0.279. The predicted molar refractivity (Wildman–Crippen MR) is 57.1 cm³/mol. The van der Waals surface area contributed by atoms with Crippen LogP contribution in [0.3, 0.4) is 0 Å². The van der Waals surface area contributed by atoms with Crippen molar-refractivity contribution in [3.8, 4) is 0 Å². The molecule has 0 saturated carbocycles. The number of aliphatic hydroxyl groups excluding tert-OH is 1. The van der Waals surface area contributed by atoms with E-state index in [-0.39, 0.29) is 6.61 Å². The van der Waals surface area contributed by atoms with Crippen molar-refractivity contribution in [2.75, 3.05) is 20.2 Å². The summed E-state index contributed by atoms with van der Waals surface area (Å²) in [4.78, 5) is 3.66. The largest absolute Gasteiger partial charge is 0.396 e. The third-order valence-corrected chi connectivity index (χ3v) is 3.33. The van der Waals surface area contributed by atoms with Gasteiger partial charge in [0.25, 0.3) is 0 Å². The Hall–Kier alpha value is -0.380. The molecule has 1 heterocycles. The van der Waals surface area contributed by atoms with Crippen molar-refractivity contribution in [1.82, 2.24) is 4.90 Å². The van der Waals surface area contributed by atoms with Crippen LogP contribution in [-0.2, 0) is 0 Å². The van der Waals surface area contributed by atoms with Gasteiger partial charge in [-0.15, -0.1) is 11.3 Å². The van der Waals surface area contributed by atoms with Crippen molar-refractivity contribution in [1.29, 1.82) is 0 Å². The van der Waals surface area contributed by atoms with Gasteiger partial charge in [0, 0.05) is 24.1 Å². The maximum atomic E-state index is 8.70. The molecule has 0 aliphatic carbocycles. The Morgan fingerprint density at radius 3 is 2.92 bits per heavy atom. The van der Waals surface area contributed by atoms with Gasteiger partial charge in [-0.1, -0.05) is 6.07 Å². The van der Waals surface area contributed by atoms with Crippen molar-refractivity contribution in [3.05, 3.63) is 22.4 Å². The van der Waals surface area contributed by atoms with E-state index in [1.165, 1.54) is 4.88 Å². The molecular formula is C10H17NOS. The van der Waals surface area contributed by atoms with Gasteiger partial charge in [0.15, 0.2) is 0 Å². The zero-order chi connectivity index (χ0) is 9.68. The average molecular weight is 199 g/mol. The van der Waals surface area contributed by atoms with Crippen LogP contribution in [-0.4, -0.2) is 30.2 Å². The molecule has 1 N–H and O–H groups in total. The molecule has 3 heteroatoms. The van der Waals surface area contributed by atoms with Crippen LogP contribution < -0.4 is 0 Å². The highest BCUT2D eigenvalue weighted by molar-refractivity contribution is 7.10. The summed E-state index contributed by atoms with van der Waals surface area (Å²) >= 11 is 1.79. The molecule has 1 atom stereocenters. The van der Waals surface area contributed by atoms with E-state index >= 15 is 0 Å². The Kier molecular flexibility index (Phi) is 4.42. The van der Waals surface area contributed by atoms with E-state index in [1.807, 2.05) is 0 Å². The van der Waals surface area contributed by atoms with Crippen LogP contribution in [0.25, 0.3) is 0 Å². The first-order valence-electron chi connectivity index (χ1n) is 4.60. The molecule has 0 aromatic carbocycles. The lowest BCUT2D eigenvalue weighted by atomic mass is 10.2. The molecule has 2 nitrogen and oxygen atoms in total. The molecule has 0 spiro atoms. The molecule has 13 heavy (non-hydrogen) atoms. The van der Waals surface area contributed by atoms with Crippen LogP contribution in [0.4, 0.5) is 0 Å². The van der Waals surface area contributed by atoms with Crippen LogP contribution in [0, 0.1) is 0 Å². The van der Waals surface area contributed by atoms with Crippen LogP contribution in [0.2, 0.25) is 0 Å². The molecule has 0 radical (unpaired) electrons. The highest BCUT2D eigenvalue weighted by Gasteiger charge is 2.11. The molecule has 0 amide bonds. The third kappa shape index (κ3) is 3.10. The Morgan fingerprint density at radius 2 is 2.38 bits per heavy atom. The topological polar surface area (TPSA) is 23.5 Å². The van der Waals surface area contributed by atoms with Gasteiger partial charge in [-0.3, -0.25) is 4.90 Å². The molecule has 1 aromatic heterocycles. The van der Waals surface area contributed by atoms with E-state index < -0.39 is 0 Å². The summed E-state index contributed by atoms with van der Waals surface area (Å²) in [6, 6.07) is 4.70. The van der Waals surface area contributed by atoms with Crippen LogP contribution in [0.1, 0.15) is 24.3 Å². The molecule has 1 aromatic rings. The van der Waals surface area contributed by atoms with Gasteiger partial charge in [-0.05, 0) is 31.8 Å². The average Bonchev–Trinajstić information content (AvgIpc) is 2.65. The summed E-state index contributed by atoms with van der Waals surface area (Å²) in [6.07, 6.45) is 0.853. The molecule has 0 saturated heterocycles. The van der Waals surface area contributed by atoms with E-state index in [9.17, 15) is 0 Å². The van der Waals surface area contributed by atoms with Crippen molar-refractivity contribution < 1.29 is 5.11 Å². The van der Waals surface area contributed by atoms with E-state index in [2.05, 4.69) is 36.4 Å². The molecular weight excluding hydrogens is 182 g/mol. The van der Waals surface area contributed by atoms with Crippen LogP contribution in [0.5, 0.6) is 0 Å². The fourth-order valence-corrected chi connectivity index (χ4v) is 2.11. The fraction of sp³-hybridized carbons (Fsp3) is 0.600. The van der Waals surface area contributed by atoms with Gasteiger partial charge >= 0.3 is 0 Å². The highest BCUT2D eigenvalue weighted by atomic mass is 32.1. The Balaban J connectivity index is 2.43. The van der Waals surface area contributed by atoms with Gasteiger partial charge in [-0.25, -0.2) is 0 Å². The molecule has 0 aliphatic heterocycles. The smallest absolute Gasteiger partial charge is 0.0443 e. The minimum absolute atomic E-state index is 0.279. The zero-order valence-electron chi connectivity index (χ0n) is 8.23. The zero-order valence-corrected chi connectivity index (χ0v) is 9.05. The molecule has 0 aliphatic rings. The van der Waals surface area contributed by atoms with E-state index in [0.29, 0.717) is 6.04 Å². The second kappa shape index (κ2) is 5.37. The number of rotatable bonds is 5. The van der Waals surface area contributed by atoms with E-state index in [0.717, 1.165) is 13.0 Å². The lowest BCUT2D eigenvalue weighted by Gasteiger charge is -2.23. The van der Waals surface area contributed by atoms with Gasteiger partial charge < -0.3 is 5.11 Å². The summed E-state index contributed by atoms with van der Waals surface area (Å²) in [6.45, 7) is 3.43. The quantitative estimate of drug-likeness (QED) is 0.785. The van der Waals surface area contributed by atoms with Gasteiger partial charge in [-0.2, -0.15) is 0 Å². The van der Waals surface area contributed by atoms with Crippen molar-refractivity contribution in [3.63, 3.8) is 0 Å². The molecule has 1 unspecified atom stereocenters. The standard InChI is InChI=1S/C10H17NOS/c1-9(10-5-3-8-13-10)11(2)6-4-7-12/h3,5,8-9,12H,4,6-7H2,1-2H3. The first-order chi connectivity index (χ1) is 6.25. The lowest BCUT2D eigenvalue weighted by Crippen LogP contribution is -2.23. The Bertz CT molecular complexity index is 223. The lowest BCUT2D eigenvalue weighted by molar-refractivity contribution is 0.218. The SMILES string of the molecule is CC(c1cccs1)N(C)CCCO. The van der Waals surface area contributed by atoms with Crippen LogP contribution >= 0.6 is 11.3 Å². The van der Waals surface area contributed by atoms with Gasteiger partial charge in [0.2, 0.25) is 0 Å². The molecule has 0 bridgehead atoms. The van der Waals surface area contributed by atoms with Gasteiger partial charge in [0.05, 0.1) is 0 Å². The first kappa shape index (κ1) is 10.7. The monoisotopic (exact) mass is 199 g/mol. The summed E-state index contributed by atoms with van der Waals surface area (Å²) in [5, 5.41) is 10.8. The van der Waals surface area contributed by atoms with Crippen LogP contribution in [0.15, 0.2) is 17.5 Å². The normalized spacial score (nSPS) is 13.5. The van der Waals surface area contributed by atoms with E-state index in [4.69, 9.17) is 5.11 Å². The summed E-state index contributed by atoms with van der Waals surface area (Å²) in [5.41, 5.74) is 0.